The van der Waals surface area contributed by atoms with E-state index in [0.717, 1.165) is 11.4 Å². The van der Waals surface area contributed by atoms with Crippen LogP contribution in [0.25, 0.3) is 16.7 Å². The van der Waals surface area contributed by atoms with Crippen LogP contribution in [0, 0.1) is 13.8 Å². The second-order valence-electron chi connectivity index (χ2n) is 7.02. The Bertz CT molecular complexity index is 1290. The molecule has 0 saturated carbocycles. The van der Waals surface area contributed by atoms with Gasteiger partial charge in [0, 0.05) is 24.8 Å². The lowest BCUT2D eigenvalue weighted by molar-refractivity contribution is -0.121. The van der Waals surface area contributed by atoms with Gasteiger partial charge in [-0.15, -0.1) is 0 Å². The first-order valence-corrected chi connectivity index (χ1v) is 9.80. The number of aryl methyl sites for hydroxylation is 1. The maximum atomic E-state index is 12.5. The molecule has 0 radical (unpaired) electrons. The number of carbonyl (C=O) groups excluding carboxylic acids is 1. The van der Waals surface area contributed by atoms with Crippen molar-refractivity contribution >= 4 is 22.6 Å². The third-order valence-electron chi connectivity index (χ3n) is 4.95. The molecule has 0 saturated heterocycles. The van der Waals surface area contributed by atoms with Crippen molar-refractivity contribution < 1.29 is 4.79 Å². The summed E-state index contributed by atoms with van der Waals surface area (Å²) in [6.07, 6.45) is 4.59. The minimum atomic E-state index is -0.270. The van der Waals surface area contributed by atoms with Crippen molar-refractivity contribution in [1.82, 2.24) is 34.4 Å². The van der Waals surface area contributed by atoms with Crippen LogP contribution >= 0.6 is 0 Å². The lowest BCUT2D eigenvalue weighted by Crippen LogP contribution is -2.35. The SMILES string of the molecule is Cc1ncn(-c2cc(NCCNC(=O)Cn3cnc4ccccc4c3=O)ncn2)c1C. The molecule has 1 aromatic carbocycles. The molecule has 0 unspecified atom stereocenters. The zero-order valence-corrected chi connectivity index (χ0v) is 17.2. The number of hydrogen-bond acceptors (Lipinski definition) is 7. The standard InChI is InChI=1S/C21H22N8O2/c1-14-15(2)29(13-26-14)19-9-18(24-11-25-19)22-7-8-23-20(30)10-28-12-27-17-6-4-3-5-16(17)21(28)31/h3-6,9,11-13H,7-8,10H2,1-2H3,(H,23,30)(H,22,24,25). The predicted octanol–water partition coefficient (Wildman–Crippen LogP) is 1.22. The number of nitrogens with zero attached hydrogens (tertiary/aromatic N) is 6. The summed E-state index contributed by atoms with van der Waals surface area (Å²) in [6, 6.07) is 8.87. The number of nitrogens with one attached hydrogen (secondary N) is 2. The van der Waals surface area contributed by atoms with Crippen LogP contribution in [0.15, 0.2) is 54.1 Å². The molecule has 10 nitrogen and oxygen atoms in total. The number of anilines is 1. The van der Waals surface area contributed by atoms with Crippen molar-refractivity contribution in [2.45, 2.75) is 20.4 Å². The van der Waals surface area contributed by atoms with Gasteiger partial charge >= 0.3 is 0 Å². The predicted molar refractivity (Wildman–Crippen MR) is 116 cm³/mol. The van der Waals surface area contributed by atoms with Crippen LogP contribution < -0.4 is 16.2 Å². The zero-order chi connectivity index (χ0) is 21.8. The zero-order valence-electron chi connectivity index (χ0n) is 17.2. The van der Waals surface area contributed by atoms with E-state index in [-0.39, 0.29) is 18.0 Å². The van der Waals surface area contributed by atoms with Gasteiger partial charge in [0.1, 0.15) is 30.8 Å². The number of benzene rings is 1. The molecule has 158 valence electrons. The molecule has 31 heavy (non-hydrogen) atoms. The first kappa shape index (κ1) is 20.2. The molecule has 4 rings (SSSR count). The fourth-order valence-corrected chi connectivity index (χ4v) is 3.13. The van der Waals surface area contributed by atoms with E-state index in [1.807, 2.05) is 30.5 Å². The molecule has 4 aromatic rings. The number of carbonyl (C=O) groups is 1. The number of imidazole rings is 1. The topological polar surface area (TPSA) is 120 Å². The van der Waals surface area contributed by atoms with Crippen LogP contribution in [0.2, 0.25) is 0 Å². The minimum Gasteiger partial charge on any atom is -0.368 e. The summed E-state index contributed by atoms with van der Waals surface area (Å²) in [6.45, 7) is 4.67. The first-order chi connectivity index (χ1) is 15.0. The number of aromatic nitrogens is 6. The van der Waals surface area contributed by atoms with Gasteiger partial charge in [0.25, 0.3) is 5.56 Å². The molecule has 0 aliphatic carbocycles. The van der Waals surface area contributed by atoms with Gasteiger partial charge in [0.2, 0.25) is 5.91 Å². The highest BCUT2D eigenvalue weighted by Gasteiger charge is 2.09. The second kappa shape index (κ2) is 8.74. The Morgan fingerprint density at radius 1 is 1.03 bits per heavy atom. The molecule has 3 heterocycles. The summed E-state index contributed by atoms with van der Waals surface area (Å²) in [5.74, 6) is 1.08. The van der Waals surface area contributed by atoms with Crippen LogP contribution in [0.3, 0.4) is 0 Å². The van der Waals surface area contributed by atoms with Gasteiger partial charge in [0.05, 0.1) is 22.9 Å². The van der Waals surface area contributed by atoms with Crippen LogP contribution in [-0.4, -0.2) is 48.1 Å². The van der Waals surface area contributed by atoms with Gasteiger partial charge in [-0.3, -0.25) is 18.7 Å². The van der Waals surface area contributed by atoms with Crippen molar-refractivity contribution in [3.8, 4) is 5.82 Å². The fraction of sp³-hybridized carbons (Fsp3) is 0.238. The molecular weight excluding hydrogens is 396 g/mol. The Kier molecular flexibility index (Phi) is 5.69. The van der Waals surface area contributed by atoms with E-state index < -0.39 is 0 Å². The summed E-state index contributed by atoms with van der Waals surface area (Å²) < 4.78 is 3.19. The summed E-state index contributed by atoms with van der Waals surface area (Å²) >= 11 is 0. The largest absolute Gasteiger partial charge is 0.368 e. The average Bonchev–Trinajstić information content (AvgIpc) is 3.12. The molecule has 0 aliphatic rings. The summed E-state index contributed by atoms with van der Waals surface area (Å²) in [4.78, 5) is 41.7. The third-order valence-corrected chi connectivity index (χ3v) is 4.95. The van der Waals surface area contributed by atoms with Gasteiger partial charge in [-0.2, -0.15) is 0 Å². The van der Waals surface area contributed by atoms with E-state index >= 15 is 0 Å². The van der Waals surface area contributed by atoms with Crippen molar-refractivity contribution in [2.24, 2.45) is 0 Å². The maximum absolute atomic E-state index is 12.5. The minimum absolute atomic E-state index is 0.0897. The van der Waals surface area contributed by atoms with E-state index in [1.54, 1.807) is 24.5 Å². The highest BCUT2D eigenvalue weighted by Crippen LogP contribution is 2.13. The van der Waals surface area contributed by atoms with Gasteiger partial charge in [-0.05, 0) is 26.0 Å². The third kappa shape index (κ3) is 4.42. The Labute approximate surface area is 178 Å². The van der Waals surface area contributed by atoms with E-state index in [2.05, 4.69) is 30.6 Å². The fourth-order valence-electron chi connectivity index (χ4n) is 3.13. The van der Waals surface area contributed by atoms with Crippen LogP contribution in [0.4, 0.5) is 5.82 Å². The van der Waals surface area contributed by atoms with Crippen molar-refractivity contribution in [3.63, 3.8) is 0 Å². The Hall–Kier alpha value is -4.08. The molecule has 0 fully saturated rings. The Balaban J connectivity index is 1.31. The monoisotopic (exact) mass is 418 g/mol. The van der Waals surface area contributed by atoms with Crippen molar-refractivity contribution in [1.29, 1.82) is 0 Å². The van der Waals surface area contributed by atoms with Crippen molar-refractivity contribution in [3.05, 3.63) is 71.1 Å². The summed E-state index contributed by atoms with van der Waals surface area (Å²) in [5, 5.41) is 6.43. The summed E-state index contributed by atoms with van der Waals surface area (Å²) in [5.41, 5.74) is 2.32. The summed E-state index contributed by atoms with van der Waals surface area (Å²) in [7, 11) is 0. The Morgan fingerprint density at radius 3 is 2.68 bits per heavy atom. The molecular formula is C21H22N8O2. The number of hydrogen-bond donors (Lipinski definition) is 2. The molecule has 3 aromatic heterocycles. The normalized spacial score (nSPS) is 10.9. The lowest BCUT2D eigenvalue weighted by Gasteiger charge is -2.10. The molecule has 2 N–H and O–H groups in total. The highest BCUT2D eigenvalue weighted by molar-refractivity contribution is 5.78. The molecule has 0 spiro atoms. The van der Waals surface area contributed by atoms with Crippen LogP contribution in [0.5, 0.6) is 0 Å². The number of fused-ring (bicyclic) bond motifs is 1. The number of amides is 1. The van der Waals surface area contributed by atoms with E-state index in [1.165, 1.54) is 17.2 Å². The van der Waals surface area contributed by atoms with Crippen LogP contribution in [0.1, 0.15) is 11.4 Å². The number of para-hydroxylation sites is 1. The quantitative estimate of drug-likeness (QED) is 0.433. The number of rotatable bonds is 7. The maximum Gasteiger partial charge on any atom is 0.261 e. The molecule has 10 heteroatoms. The molecule has 0 atom stereocenters. The lowest BCUT2D eigenvalue weighted by atomic mass is 10.2. The van der Waals surface area contributed by atoms with Crippen molar-refractivity contribution in [2.75, 3.05) is 18.4 Å². The van der Waals surface area contributed by atoms with E-state index in [9.17, 15) is 9.59 Å². The van der Waals surface area contributed by atoms with Gasteiger partial charge in [-0.1, -0.05) is 12.1 Å². The van der Waals surface area contributed by atoms with Gasteiger partial charge in [0.15, 0.2) is 0 Å². The van der Waals surface area contributed by atoms with E-state index in [4.69, 9.17) is 0 Å². The van der Waals surface area contributed by atoms with E-state index in [0.29, 0.717) is 35.6 Å². The molecule has 0 bridgehead atoms. The van der Waals surface area contributed by atoms with Gasteiger partial charge < -0.3 is 10.6 Å². The first-order valence-electron chi connectivity index (χ1n) is 9.80. The van der Waals surface area contributed by atoms with Gasteiger partial charge in [-0.25, -0.2) is 19.9 Å². The average molecular weight is 418 g/mol. The molecule has 1 amide bonds. The Morgan fingerprint density at radius 2 is 1.87 bits per heavy atom. The second-order valence-corrected chi connectivity index (χ2v) is 7.02. The smallest absolute Gasteiger partial charge is 0.261 e. The van der Waals surface area contributed by atoms with Crippen LogP contribution in [-0.2, 0) is 11.3 Å². The highest BCUT2D eigenvalue weighted by atomic mass is 16.2. The molecule has 0 aliphatic heterocycles.